The summed E-state index contributed by atoms with van der Waals surface area (Å²) in [5.41, 5.74) is 8.36. The zero-order valence-electron chi connectivity index (χ0n) is 11.4. The van der Waals surface area contributed by atoms with Crippen LogP contribution in [0.2, 0.25) is 0 Å². The van der Waals surface area contributed by atoms with Gasteiger partial charge in [0.1, 0.15) is 5.82 Å². The number of nitrogens with two attached hydrogens (primary N) is 1. The molecule has 2 heterocycles. The molecule has 0 saturated carbocycles. The fourth-order valence-electron chi connectivity index (χ4n) is 2.03. The van der Waals surface area contributed by atoms with Crippen LogP contribution in [0.5, 0.6) is 0 Å². The van der Waals surface area contributed by atoms with Crippen molar-refractivity contribution in [2.24, 2.45) is 5.73 Å². The van der Waals surface area contributed by atoms with Crippen molar-refractivity contribution < 1.29 is 0 Å². The SMILES string of the molecule is N[C@@H](Cc1ccccc1)c1csc(Nc2ccccn2)n1. The number of anilines is 2. The third-order valence-electron chi connectivity index (χ3n) is 3.10. The topological polar surface area (TPSA) is 63.8 Å². The molecule has 106 valence electrons. The Labute approximate surface area is 127 Å². The molecular formula is C16H16N4S. The second-order valence-corrected chi connectivity index (χ2v) is 5.57. The average Bonchev–Trinajstić information content (AvgIpc) is 2.98. The van der Waals surface area contributed by atoms with E-state index in [1.165, 1.54) is 5.56 Å². The predicted molar refractivity (Wildman–Crippen MR) is 86.7 cm³/mol. The number of rotatable bonds is 5. The number of benzene rings is 1. The molecule has 0 spiro atoms. The lowest BCUT2D eigenvalue weighted by Gasteiger charge is -2.08. The lowest BCUT2D eigenvalue weighted by atomic mass is 10.1. The van der Waals surface area contributed by atoms with E-state index >= 15 is 0 Å². The standard InChI is InChI=1S/C16H16N4S/c17-13(10-12-6-2-1-3-7-12)14-11-21-16(19-14)20-15-8-4-5-9-18-15/h1-9,11,13H,10,17H2,(H,18,19,20)/t13-/m0/s1. The first-order chi connectivity index (χ1) is 10.3. The van der Waals surface area contributed by atoms with E-state index in [4.69, 9.17) is 5.73 Å². The number of thiazole rings is 1. The fraction of sp³-hybridized carbons (Fsp3) is 0.125. The quantitative estimate of drug-likeness (QED) is 0.756. The van der Waals surface area contributed by atoms with Crippen molar-refractivity contribution in [1.29, 1.82) is 0 Å². The largest absolute Gasteiger partial charge is 0.322 e. The first-order valence-electron chi connectivity index (χ1n) is 6.74. The monoisotopic (exact) mass is 296 g/mol. The van der Waals surface area contributed by atoms with Crippen LogP contribution < -0.4 is 11.1 Å². The van der Waals surface area contributed by atoms with Crippen LogP contribution in [0.1, 0.15) is 17.3 Å². The first-order valence-corrected chi connectivity index (χ1v) is 7.62. The van der Waals surface area contributed by atoms with Gasteiger partial charge in [0.15, 0.2) is 5.13 Å². The van der Waals surface area contributed by atoms with Crippen molar-refractivity contribution in [3.8, 4) is 0 Å². The fourth-order valence-corrected chi connectivity index (χ4v) is 2.81. The smallest absolute Gasteiger partial charge is 0.188 e. The lowest BCUT2D eigenvalue weighted by molar-refractivity contribution is 0.702. The van der Waals surface area contributed by atoms with Gasteiger partial charge in [-0.1, -0.05) is 36.4 Å². The Kier molecular flexibility index (Phi) is 4.23. The first kappa shape index (κ1) is 13.7. The number of hydrogen-bond donors (Lipinski definition) is 2. The van der Waals surface area contributed by atoms with Gasteiger partial charge >= 0.3 is 0 Å². The van der Waals surface area contributed by atoms with Gasteiger partial charge in [0.25, 0.3) is 0 Å². The molecule has 0 fully saturated rings. The molecule has 0 aliphatic rings. The summed E-state index contributed by atoms with van der Waals surface area (Å²) in [6.07, 6.45) is 2.53. The summed E-state index contributed by atoms with van der Waals surface area (Å²) in [5.74, 6) is 0.787. The van der Waals surface area contributed by atoms with Gasteiger partial charge in [0.2, 0.25) is 0 Å². The lowest BCUT2D eigenvalue weighted by Crippen LogP contribution is -2.13. The van der Waals surface area contributed by atoms with Gasteiger partial charge in [-0.25, -0.2) is 9.97 Å². The van der Waals surface area contributed by atoms with Crippen LogP contribution >= 0.6 is 11.3 Å². The van der Waals surface area contributed by atoms with Crippen LogP contribution in [0.25, 0.3) is 0 Å². The molecule has 3 aromatic rings. The van der Waals surface area contributed by atoms with Gasteiger partial charge in [-0.15, -0.1) is 11.3 Å². The molecule has 0 aliphatic carbocycles. The highest BCUT2D eigenvalue weighted by Gasteiger charge is 2.11. The summed E-state index contributed by atoms with van der Waals surface area (Å²) in [6, 6.07) is 15.9. The van der Waals surface area contributed by atoms with Crippen molar-refractivity contribution in [3.05, 3.63) is 71.4 Å². The van der Waals surface area contributed by atoms with E-state index in [0.29, 0.717) is 0 Å². The second kappa shape index (κ2) is 6.47. The Bertz CT molecular complexity index is 682. The molecule has 1 aromatic carbocycles. The van der Waals surface area contributed by atoms with E-state index in [1.807, 2.05) is 41.8 Å². The van der Waals surface area contributed by atoms with E-state index in [9.17, 15) is 0 Å². The van der Waals surface area contributed by atoms with Crippen molar-refractivity contribution in [1.82, 2.24) is 9.97 Å². The molecule has 3 N–H and O–H groups in total. The summed E-state index contributed by atoms with van der Waals surface area (Å²) in [7, 11) is 0. The summed E-state index contributed by atoms with van der Waals surface area (Å²) in [6.45, 7) is 0. The molecule has 0 bridgehead atoms. The summed E-state index contributed by atoms with van der Waals surface area (Å²) in [4.78, 5) is 8.76. The molecule has 21 heavy (non-hydrogen) atoms. The Morgan fingerprint density at radius 3 is 2.67 bits per heavy atom. The van der Waals surface area contributed by atoms with E-state index in [1.54, 1.807) is 17.5 Å². The summed E-state index contributed by atoms with van der Waals surface area (Å²) >= 11 is 1.54. The van der Waals surface area contributed by atoms with E-state index in [-0.39, 0.29) is 6.04 Å². The molecule has 4 nitrogen and oxygen atoms in total. The molecule has 2 aromatic heterocycles. The third-order valence-corrected chi connectivity index (χ3v) is 3.88. The molecule has 1 atom stereocenters. The minimum absolute atomic E-state index is 0.0945. The maximum atomic E-state index is 6.23. The number of nitrogens with zero attached hydrogens (tertiary/aromatic N) is 2. The van der Waals surface area contributed by atoms with Gasteiger partial charge in [-0.3, -0.25) is 0 Å². The summed E-state index contributed by atoms with van der Waals surface area (Å²) < 4.78 is 0. The minimum Gasteiger partial charge on any atom is -0.322 e. The highest BCUT2D eigenvalue weighted by atomic mass is 32.1. The van der Waals surface area contributed by atoms with Gasteiger partial charge in [-0.05, 0) is 24.1 Å². The van der Waals surface area contributed by atoms with Crippen LogP contribution in [-0.2, 0) is 6.42 Å². The predicted octanol–water partition coefficient (Wildman–Crippen LogP) is 3.52. The summed E-state index contributed by atoms with van der Waals surface area (Å²) in [5, 5.41) is 5.99. The van der Waals surface area contributed by atoms with Gasteiger partial charge < -0.3 is 11.1 Å². The van der Waals surface area contributed by atoms with Crippen LogP contribution in [0.3, 0.4) is 0 Å². The Morgan fingerprint density at radius 2 is 1.90 bits per heavy atom. The van der Waals surface area contributed by atoms with E-state index < -0.39 is 0 Å². The van der Waals surface area contributed by atoms with Crippen molar-refractivity contribution in [2.45, 2.75) is 12.5 Å². The molecule has 0 radical (unpaired) electrons. The molecule has 0 unspecified atom stereocenters. The Hall–Kier alpha value is -2.24. The van der Waals surface area contributed by atoms with Crippen molar-refractivity contribution in [2.75, 3.05) is 5.32 Å². The van der Waals surface area contributed by atoms with Crippen LogP contribution in [0, 0.1) is 0 Å². The van der Waals surface area contributed by atoms with E-state index in [2.05, 4.69) is 27.4 Å². The molecule has 0 amide bonds. The highest BCUT2D eigenvalue weighted by molar-refractivity contribution is 7.13. The number of pyridine rings is 1. The molecule has 3 rings (SSSR count). The molecule has 0 aliphatic heterocycles. The molecule has 5 heteroatoms. The van der Waals surface area contributed by atoms with Crippen LogP contribution in [0.4, 0.5) is 10.9 Å². The van der Waals surface area contributed by atoms with E-state index in [0.717, 1.165) is 23.1 Å². The van der Waals surface area contributed by atoms with Crippen LogP contribution in [-0.4, -0.2) is 9.97 Å². The molecule has 0 saturated heterocycles. The van der Waals surface area contributed by atoms with Crippen molar-refractivity contribution in [3.63, 3.8) is 0 Å². The number of hydrogen-bond acceptors (Lipinski definition) is 5. The average molecular weight is 296 g/mol. The number of nitrogens with one attached hydrogen (secondary N) is 1. The zero-order chi connectivity index (χ0) is 14.5. The normalized spacial score (nSPS) is 12.0. The van der Waals surface area contributed by atoms with Crippen molar-refractivity contribution >= 4 is 22.3 Å². The highest BCUT2D eigenvalue weighted by Crippen LogP contribution is 2.24. The second-order valence-electron chi connectivity index (χ2n) is 4.71. The third kappa shape index (κ3) is 3.65. The zero-order valence-corrected chi connectivity index (χ0v) is 12.3. The van der Waals surface area contributed by atoms with Gasteiger partial charge in [0, 0.05) is 11.6 Å². The van der Waals surface area contributed by atoms with Crippen LogP contribution in [0.15, 0.2) is 60.1 Å². The maximum absolute atomic E-state index is 6.23. The Morgan fingerprint density at radius 1 is 1.10 bits per heavy atom. The molecular weight excluding hydrogens is 280 g/mol. The van der Waals surface area contributed by atoms with Gasteiger partial charge in [-0.2, -0.15) is 0 Å². The van der Waals surface area contributed by atoms with Gasteiger partial charge in [0.05, 0.1) is 11.7 Å². The minimum atomic E-state index is -0.0945. The number of aromatic nitrogens is 2. The Balaban J connectivity index is 1.67. The maximum Gasteiger partial charge on any atom is 0.188 e.